The van der Waals surface area contributed by atoms with Crippen LogP contribution >= 0.6 is 0 Å². The van der Waals surface area contributed by atoms with Crippen molar-refractivity contribution in [3.63, 3.8) is 0 Å². The number of hydrogen-bond donors (Lipinski definition) is 2. The number of aromatic carboxylic acids is 2. The molecule has 98 valence electrons. The predicted molar refractivity (Wildman–Crippen MR) is 68.3 cm³/mol. The molecule has 0 bridgehead atoms. The van der Waals surface area contributed by atoms with Crippen LogP contribution < -0.4 is 0 Å². The van der Waals surface area contributed by atoms with Crippen molar-refractivity contribution in [1.29, 1.82) is 0 Å². The summed E-state index contributed by atoms with van der Waals surface area (Å²) < 4.78 is 0. The zero-order chi connectivity index (χ0) is 13.7. The lowest BCUT2D eigenvalue weighted by Crippen LogP contribution is -2.12. The first-order chi connectivity index (χ1) is 8.49. The summed E-state index contributed by atoms with van der Waals surface area (Å²) >= 11 is 0. The lowest BCUT2D eigenvalue weighted by Gasteiger charge is -2.12. The highest BCUT2D eigenvalue weighted by molar-refractivity contribution is 5.97. The van der Waals surface area contributed by atoms with Crippen molar-refractivity contribution in [2.75, 3.05) is 0 Å². The third-order valence-electron chi connectivity index (χ3n) is 3.00. The minimum atomic E-state index is -1.07. The van der Waals surface area contributed by atoms with Gasteiger partial charge < -0.3 is 10.2 Å². The summed E-state index contributed by atoms with van der Waals surface area (Å²) in [7, 11) is 0. The normalized spacial score (nSPS) is 10.3. The third kappa shape index (κ3) is 3.09. The first-order valence-corrected chi connectivity index (χ1v) is 6.08. The van der Waals surface area contributed by atoms with E-state index >= 15 is 0 Å². The smallest absolute Gasteiger partial charge is 0.336 e. The largest absolute Gasteiger partial charge is 0.478 e. The number of benzene rings is 1. The average Bonchev–Trinajstić information content (AvgIpc) is 2.28. The average molecular weight is 250 g/mol. The maximum Gasteiger partial charge on any atom is 0.336 e. The Morgan fingerprint density at radius 3 is 2.28 bits per heavy atom. The third-order valence-corrected chi connectivity index (χ3v) is 3.00. The van der Waals surface area contributed by atoms with Crippen LogP contribution in [0.3, 0.4) is 0 Å². The number of hydrogen-bond acceptors (Lipinski definition) is 2. The van der Waals surface area contributed by atoms with Gasteiger partial charge >= 0.3 is 11.9 Å². The minimum absolute atomic E-state index is 0.106. The highest BCUT2D eigenvalue weighted by Gasteiger charge is 2.19. The Morgan fingerprint density at radius 2 is 1.78 bits per heavy atom. The Hall–Kier alpha value is -1.84. The second-order valence-electron chi connectivity index (χ2n) is 4.35. The number of carbonyl (C=O) groups is 2. The van der Waals surface area contributed by atoms with Gasteiger partial charge in [-0.05, 0) is 37.0 Å². The molecule has 2 N–H and O–H groups in total. The molecule has 4 heteroatoms. The van der Waals surface area contributed by atoms with Crippen molar-refractivity contribution in [2.45, 2.75) is 39.5 Å². The Labute approximate surface area is 106 Å². The van der Waals surface area contributed by atoms with E-state index in [0.717, 1.165) is 19.3 Å². The topological polar surface area (TPSA) is 74.6 Å². The van der Waals surface area contributed by atoms with Gasteiger partial charge in [-0.15, -0.1) is 0 Å². The Balaban J connectivity index is 3.25. The van der Waals surface area contributed by atoms with E-state index in [2.05, 4.69) is 0 Å². The second-order valence-corrected chi connectivity index (χ2v) is 4.35. The molecule has 0 fully saturated rings. The van der Waals surface area contributed by atoms with Gasteiger partial charge in [-0.1, -0.05) is 25.8 Å². The molecular formula is C14H18O4. The number of rotatable bonds is 6. The van der Waals surface area contributed by atoms with Gasteiger partial charge in [0.1, 0.15) is 0 Å². The van der Waals surface area contributed by atoms with Crippen LogP contribution in [0.1, 0.15) is 58.0 Å². The molecule has 0 aliphatic carbocycles. The zero-order valence-corrected chi connectivity index (χ0v) is 10.7. The van der Waals surface area contributed by atoms with Crippen LogP contribution in [0.25, 0.3) is 0 Å². The molecule has 0 saturated heterocycles. The summed E-state index contributed by atoms with van der Waals surface area (Å²) in [5, 5.41) is 18.3. The van der Waals surface area contributed by atoms with Crippen molar-refractivity contribution in [3.05, 3.63) is 34.4 Å². The molecular weight excluding hydrogens is 232 g/mol. The molecule has 0 spiro atoms. The summed E-state index contributed by atoms with van der Waals surface area (Å²) in [6, 6.07) is 3.04. The molecule has 18 heavy (non-hydrogen) atoms. The predicted octanol–water partition coefficient (Wildman–Crippen LogP) is 3.12. The van der Waals surface area contributed by atoms with E-state index in [1.54, 1.807) is 13.0 Å². The van der Waals surface area contributed by atoms with Crippen LogP contribution in [0.15, 0.2) is 12.1 Å². The van der Waals surface area contributed by atoms with Crippen molar-refractivity contribution < 1.29 is 19.8 Å². The number of aryl methyl sites for hydroxylation is 1. The standard InChI is InChI=1S/C14H18O4/c1-3-4-5-6-10-11(13(15)16)8-7-9(2)12(10)14(17)18/h7-8H,3-6H2,1-2H3,(H,15,16)(H,17,18). The van der Waals surface area contributed by atoms with E-state index in [0.29, 0.717) is 17.5 Å². The van der Waals surface area contributed by atoms with Gasteiger partial charge in [0.2, 0.25) is 0 Å². The molecule has 4 nitrogen and oxygen atoms in total. The Bertz CT molecular complexity index is 463. The molecule has 0 amide bonds. The van der Waals surface area contributed by atoms with Crippen molar-refractivity contribution in [3.8, 4) is 0 Å². The van der Waals surface area contributed by atoms with E-state index in [-0.39, 0.29) is 11.1 Å². The summed E-state index contributed by atoms with van der Waals surface area (Å²) in [4.78, 5) is 22.4. The monoisotopic (exact) mass is 250 g/mol. The van der Waals surface area contributed by atoms with Gasteiger partial charge in [-0.2, -0.15) is 0 Å². The lowest BCUT2D eigenvalue weighted by molar-refractivity contribution is 0.0695. The highest BCUT2D eigenvalue weighted by atomic mass is 16.4. The fraction of sp³-hybridized carbons (Fsp3) is 0.429. The highest BCUT2D eigenvalue weighted by Crippen LogP contribution is 2.22. The molecule has 1 aromatic carbocycles. The number of unbranched alkanes of at least 4 members (excludes halogenated alkanes) is 2. The van der Waals surface area contributed by atoms with Crippen LogP contribution in [0.2, 0.25) is 0 Å². The molecule has 1 aromatic rings. The van der Waals surface area contributed by atoms with Crippen molar-refractivity contribution in [1.82, 2.24) is 0 Å². The molecule has 0 heterocycles. The summed E-state index contributed by atoms with van der Waals surface area (Å²) in [6.45, 7) is 3.74. The number of carboxylic acids is 2. The van der Waals surface area contributed by atoms with Gasteiger partial charge in [-0.25, -0.2) is 9.59 Å². The fourth-order valence-electron chi connectivity index (χ4n) is 2.07. The lowest BCUT2D eigenvalue weighted by atomic mass is 9.92. The van der Waals surface area contributed by atoms with Crippen molar-refractivity contribution in [2.24, 2.45) is 0 Å². The molecule has 1 rings (SSSR count). The van der Waals surface area contributed by atoms with Crippen LogP contribution in [0.4, 0.5) is 0 Å². The molecule has 0 aliphatic heterocycles. The molecule has 0 radical (unpaired) electrons. The molecule has 0 unspecified atom stereocenters. The SMILES string of the molecule is CCCCCc1c(C(=O)O)ccc(C)c1C(=O)O. The van der Waals surface area contributed by atoms with Gasteiger partial charge in [0, 0.05) is 0 Å². The van der Waals surface area contributed by atoms with Gasteiger partial charge in [0.25, 0.3) is 0 Å². The van der Waals surface area contributed by atoms with Gasteiger partial charge in [-0.3, -0.25) is 0 Å². The van der Waals surface area contributed by atoms with E-state index in [9.17, 15) is 14.7 Å². The number of carboxylic acid groups (broad SMARTS) is 2. The maximum absolute atomic E-state index is 11.3. The second kappa shape index (κ2) is 6.19. The van der Waals surface area contributed by atoms with Gasteiger partial charge in [0.05, 0.1) is 11.1 Å². The zero-order valence-electron chi connectivity index (χ0n) is 10.7. The molecule has 0 aliphatic rings. The quantitative estimate of drug-likeness (QED) is 0.761. The maximum atomic E-state index is 11.3. The van der Waals surface area contributed by atoms with E-state index in [4.69, 9.17) is 5.11 Å². The molecule has 0 saturated carbocycles. The molecule has 0 aromatic heterocycles. The van der Waals surface area contributed by atoms with E-state index in [1.165, 1.54) is 6.07 Å². The summed E-state index contributed by atoms with van der Waals surface area (Å²) in [5.41, 5.74) is 1.31. The van der Waals surface area contributed by atoms with E-state index < -0.39 is 11.9 Å². The fourth-order valence-corrected chi connectivity index (χ4v) is 2.07. The Kier molecular flexibility index (Phi) is 4.89. The first kappa shape index (κ1) is 14.2. The minimum Gasteiger partial charge on any atom is -0.478 e. The van der Waals surface area contributed by atoms with E-state index in [1.807, 2.05) is 6.92 Å². The first-order valence-electron chi connectivity index (χ1n) is 6.08. The van der Waals surface area contributed by atoms with Gasteiger partial charge in [0.15, 0.2) is 0 Å². The van der Waals surface area contributed by atoms with Crippen LogP contribution in [-0.4, -0.2) is 22.2 Å². The molecule has 0 atom stereocenters. The van der Waals surface area contributed by atoms with Crippen LogP contribution in [0.5, 0.6) is 0 Å². The Morgan fingerprint density at radius 1 is 1.11 bits per heavy atom. The van der Waals surface area contributed by atoms with Crippen LogP contribution in [-0.2, 0) is 6.42 Å². The van der Waals surface area contributed by atoms with Crippen molar-refractivity contribution >= 4 is 11.9 Å². The summed E-state index contributed by atoms with van der Waals surface area (Å²) in [6.07, 6.45) is 3.28. The summed E-state index contributed by atoms with van der Waals surface area (Å²) in [5.74, 6) is -2.12. The van der Waals surface area contributed by atoms with Crippen LogP contribution in [0, 0.1) is 6.92 Å².